The van der Waals surface area contributed by atoms with Crippen LogP contribution in [-0.2, 0) is 11.2 Å². The Hall–Kier alpha value is -1.42. The van der Waals surface area contributed by atoms with Crippen molar-refractivity contribution in [2.24, 2.45) is 5.92 Å². The lowest BCUT2D eigenvalue weighted by molar-refractivity contribution is -0.120. The molecule has 1 amide bonds. The van der Waals surface area contributed by atoms with E-state index in [1.165, 1.54) is 6.07 Å². The summed E-state index contributed by atoms with van der Waals surface area (Å²) in [6.07, 6.45) is 0.988. The summed E-state index contributed by atoms with van der Waals surface area (Å²) in [5.41, 5.74) is 0.640. The Balaban J connectivity index is 2.12. The predicted octanol–water partition coefficient (Wildman–Crippen LogP) is 2.12. The van der Waals surface area contributed by atoms with Crippen LogP contribution in [0, 0.1) is 11.7 Å². The first-order valence-corrected chi connectivity index (χ1v) is 6.80. The quantitative estimate of drug-likeness (QED) is 0.708. The summed E-state index contributed by atoms with van der Waals surface area (Å²) < 4.78 is 13.3. The normalized spacial score (nSPS) is 10.7. The average Bonchev–Trinajstić information content (AvgIpc) is 2.37. The average molecular weight is 266 g/mol. The minimum absolute atomic E-state index is 0.00703. The summed E-state index contributed by atoms with van der Waals surface area (Å²) in [5.74, 6) is 0.382. The molecular formula is C15H23FN2O. The second kappa shape index (κ2) is 8.64. The molecule has 0 aliphatic rings. The molecule has 1 rings (SSSR count). The first-order valence-electron chi connectivity index (χ1n) is 6.80. The molecule has 106 valence electrons. The third-order valence-corrected chi connectivity index (χ3v) is 2.76. The first kappa shape index (κ1) is 15.6. The lowest BCUT2D eigenvalue weighted by atomic mass is 10.1. The molecule has 3 nitrogen and oxygen atoms in total. The molecule has 0 saturated carbocycles. The third-order valence-electron chi connectivity index (χ3n) is 2.76. The number of benzene rings is 1. The van der Waals surface area contributed by atoms with E-state index in [1.54, 1.807) is 18.2 Å². The lowest BCUT2D eigenvalue weighted by Crippen LogP contribution is -2.30. The number of halogens is 1. The van der Waals surface area contributed by atoms with Gasteiger partial charge in [0, 0.05) is 19.5 Å². The molecular weight excluding hydrogens is 243 g/mol. The second-order valence-corrected chi connectivity index (χ2v) is 5.04. The summed E-state index contributed by atoms with van der Waals surface area (Å²) in [6.45, 7) is 6.33. The highest BCUT2D eigenvalue weighted by atomic mass is 19.1. The first-order chi connectivity index (χ1) is 9.09. The molecule has 0 fully saturated rings. The molecule has 19 heavy (non-hydrogen) atoms. The molecule has 0 aliphatic heterocycles. The number of hydrogen-bond donors (Lipinski definition) is 2. The maximum Gasteiger partial charge on any atom is 0.221 e. The van der Waals surface area contributed by atoms with Gasteiger partial charge in [0.15, 0.2) is 0 Å². The van der Waals surface area contributed by atoms with Crippen LogP contribution in [0.4, 0.5) is 4.39 Å². The molecule has 0 heterocycles. The summed E-state index contributed by atoms with van der Waals surface area (Å²) in [5, 5.41) is 6.01. The van der Waals surface area contributed by atoms with Gasteiger partial charge in [-0.2, -0.15) is 0 Å². The fourth-order valence-corrected chi connectivity index (χ4v) is 1.72. The van der Waals surface area contributed by atoms with Gasteiger partial charge in [-0.15, -0.1) is 0 Å². The summed E-state index contributed by atoms with van der Waals surface area (Å²) >= 11 is 0. The monoisotopic (exact) mass is 266 g/mol. The molecule has 0 bridgehead atoms. The molecule has 0 radical (unpaired) electrons. The van der Waals surface area contributed by atoms with Crippen LogP contribution in [0.3, 0.4) is 0 Å². The van der Waals surface area contributed by atoms with E-state index in [4.69, 9.17) is 0 Å². The second-order valence-electron chi connectivity index (χ2n) is 5.04. The van der Waals surface area contributed by atoms with Crippen LogP contribution in [0.2, 0.25) is 0 Å². The van der Waals surface area contributed by atoms with Gasteiger partial charge in [-0.05, 0) is 30.5 Å². The van der Waals surface area contributed by atoms with Crippen LogP contribution >= 0.6 is 0 Å². The van der Waals surface area contributed by atoms with Crippen LogP contribution in [0.15, 0.2) is 24.3 Å². The highest BCUT2D eigenvalue weighted by Gasteiger charge is 2.03. The smallest absolute Gasteiger partial charge is 0.221 e. The van der Waals surface area contributed by atoms with Crippen molar-refractivity contribution < 1.29 is 9.18 Å². The number of carbonyl (C=O) groups excluding carboxylic acids is 1. The van der Waals surface area contributed by atoms with E-state index in [-0.39, 0.29) is 11.7 Å². The van der Waals surface area contributed by atoms with Gasteiger partial charge in [0.05, 0.1) is 0 Å². The standard InChI is InChI=1S/C15H23FN2O/c1-12(2)11-17-9-8-15(19)18-10-7-13-5-3-4-6-14(13)16/h3-6,12,17H,7-11H2,1-2H3,(H,18,19). The van der Waals surface area contributed by atoms with Gasteiger partial charge >= 0.3 is 0 Å². The van der Waals surface area contributed by atoms with E-state index in [1.807, 2.05) is 0 Å². The molecule has 1 aromatic rings. The van der Waals surface area contributed by atoms with Crippen molar-refractivity contribution in [1.82, 2.24) is 10.6 Å². The van der Waals surface area contributed by atoms with E-state index >= 15 is 0 Å². The lowest BCUT2D eigenvalue weighted by Gasteiger charge is -2.08. The molecule has 0 saturated heterocycles. The van der Waals surface area contributed by atoms with Gasteiger partial charge in [0.25, 0.3) is 0 Å². The number of nitrogens with one attached hydrogen (secondary N) is 2. The van der Waals surface area contributed by atoms with E-state index in [0.717, 1.165) is 6.54 Å². The zero-order valence-corrected chi connectivity index (χ0v) is 11.7. The SMILES string of the molecule is CC(C)CNCCC(=O)NCCc1ccccc1F. The highest BCUT2D eigenvalue weighted by Crippen LogP contribution is 2.06. The molecule has 2 N–H and O–H groups in total. The Morgan fingerprint density at radius 2 is 2.00 bits per heavy atom. The van der Waals surface area contributed by atoms with E-state index < -0.39 is 0 Å². The largest absolute Gasteiger partial charge is 0.356 e. The minimum atomic E-state index is -0.213. The highest BCUT2D eigenvalue weighted by molar-refractivity contribution is 5.76. The molecule has 0 aromatic heterocycles. The number of rotatable bonds is 8. The zero-order chi connectivity index (χ0) is 14.1. The summed E-state index contributed by atoms with van der Waals surface area (Å²) in [4.78, 5) is 11.5. The van der Waals surface area contributed by atoms with Gasteiger partial charge in [0.1, 0.15) is 5.82 Å². The van der Waals surface area contributed by atoms with Crippen molar-refractivity contribution in [1.29, 1.82) is 0 Å². The van der Waals surface area contributed by atoms with E-state index in [2.05, 4.69) is 24.5 Å². The van der Waals surface area contributed by atoms with Crippen LogP contribution < -0.4 is 10.6 Å². The fourth-order valence-electron chi connectivity index (χ4n) is 1.72. The van der Waals surface area contributed by atoms with Crippen LogP contribution in [0.25, 0.3) is 0 Å². The Kier molecular flexibility index (Phi) is 7.11. The Bertz CT molecular complexity index is 393. The van der Waals surface area contributed by atoms with Crippen molar-refractivity contribution in [3.63, 3.8) is 0 Å². The zero-order valence-electron chi connectivity index (χ0n) is 11.7. The van der Waals surface area contributed by atoms with Gasteiger partial charge in [-0.3, -0.25) is 4.79 Å². The maximum absolute atomic E-state index is 13.3. The van der Waals surface area contributed by atoms with Crippen molar-refractivity contribution in [2.45, 2.75) is 26.7 Å². The topological polar surface area (TPSA) is 41.1 Å². The van der Waals surface area contributed by atoms with Gasteiger partial charge < -0.3 is 10.6 Å². The van der Waals surface area contributed by atoms with Crippen LogP contribution in [0.5, 0.6) is 0 Å². The predicted molar refractivity (Wildman–Crippen MR) is 75.4 cm³/mol. The molecule has 1 aromatic carbocycles. The fraction of sp³-hybridized carbons (Fsp3) is 0.533. The number of amides is 1. The van der Waals surface area contributed by atoms with Crippen LogP contribution in [0.1, 0.15) is 25.8 Å². The van der Waals surface area contributed by atoms with Crippen molar-refractivity contribution in [3.8, 4) is 0 Å². The molecule has 0 unspecified atom stereocenters. The Morgan fingerprint density at radius 1 is 1.26 bits per heavy atom. The molecule has 0 aliphatic carbocycles. The van der Waals surface area contributed by atoms with E-state index in [9.17, 15) is 9.18 Å². The van der Waals surface area contributed by atoms with Gasteiger partial charge in [-0.25, -0.2) is 4.39 Å². The number of carbonyl (C=O) groups is 1. The van der Waals surface area contributed by atoms with Gasteiger partial charge in [0.2, 0.25) is 5.91 Å². The Labute approximate surface area is 114 Å². The summed E-state index contributed by atoms with van der Waals surface area (Å²) in [7, 11) is 0. The van der Waals surface area contributed by atoms with Crippen molar-refractivity contribution in [3.05, 3.63) is 35.6 Å². The van der Waals surface area contributed by atoms with Crippen molar-refractivity contribution in [2.75, 3.05) is 19.6 Å². The van der Waals surface area contributed by atoms with Gasteiger partial charge in [-0.1, -0.05) is 32.0 Å². The minimum Gasteiger partial charge on any atom is -0.356 e. The number of hydrogen-bond acceptors (Lipinski definition) is 2. The molecule has 4 heteroatoms. The molecule has 0 spiro atoms. The Morgan fingerprint density at radius 3 is 2.68 bits per heavy atom. The van der Waals surface area contributed by atoms with E-state index in [0.29, 0.717) is 37.4 Å². The third kappa shape index (κ3) is 6.91. The van der Waals surface area contributed by atoms with Crippen molar-refractivity contribution >= 4 is 5.91 Å². The molecule has 0 atom stereocenters. The maximum atomic E-state index is 13.3. The summed E-state index contributed by atoms with van der Waals surface area (Å²) in [6, 6.07) is 6.65. The van der Waals surface area contributed by atoms with Crippen LogP contribution in [-0.4, -0.2) is 25.5 Å².